The number of hydrogen-bond donors (Lipinski definition) is 1. The molecule has 8 nitrogen and oxygen atoms in total. The Morgan fingerprint density at radius 3 is 2.29 bits per heavy atom. The van der Waals surface area contributed by atoms with E-state index in [9.17, 15) is 14.7 Å². The smallest absolute Gasteiger partial charge is 0.479 e. The maximum absolute atomic E-state index is 12.5. The van der Waals surface area contributed by atoms with E-state index < -0.39 is 24.3 Å². The van der Waals surface area contributed by atoms with Gasteiger partial charge in [-0.3, -0.25) is 0 Å². The first-order valence-electron chi connectivity index (χ1n) is 11.9. The van der Waals surface area contributed by atoms with E-state index in [0.717, 1.165) is 16.7 Å². The molecule has 0 saturated heterocycles. The third-order valence-electron chi connectivity index (χ3n) is 5.81. The van der Waals surface area contributed by atoms with E-state index in [1.54, 1.807) is 62.4 Å². The van der Waals surface area contributed by atoms with Crippen LogP contribution in [0.3, 0.4) is 0 Å². The van der Waals surface area contributed by atoms with Crippen molar-refractivity contribution in [3.8, 4) is 17.1 Å². The Kier molecular flexibility index (Phi) is 8.78. The molecule has 0 fully saturated rings. The van der Waals surface area contributed by atoms with Gasteiger partial charge in [-0.05, 0) is 42.7 Å². The van der Waals surface area contributed by atoms with E-state index in [2.05, 4.69) is 5.16 Å². The minimum Gasteiger partial charge on any atom is -0.479 e. The number of aromatic nitrogens is 1. The Morgan fingerprint density at radius 2 is 1.63 bits per heavy atom. The quantitative estimate of drug-likeness (QED) is 0.221. The number of halogens is 1. The average Bonchev–Trinajstić information content (AvgIpc) is 3.27. The number of hydrogen-bond acceptors (Lipinski definition) is 7. The second kappa shape index (κ2) is 12.4. The van der Waals surface area contributed by atoms with Gasteiger partial charge in [0, 0.05) is 17.0 Å². The van der Waals surface area contributed by atoms with E-state index in [1.165, 1.54) is 0 Å². The summed E-state index contributed by atoms with van der Waals surface area (Å²) in [6.07, 6.45) is -2.18. The predicted octanol–water partition coefficient (Wildman–Crippen LogP) is 6.79. The second-order valence-electron chi connectivity index (χ2n) is 8.61. The van der Waals surface area contributed by atoms with Crippen LogP contribution in [-0.2, 0) is 27.3 Å². The molecule has 0 radical (unpaired) electrons. The van der Waals surface area contributed by atoms with Crippen LogP contribution >= 0.6 is 11.6 Å². The third-order valence-corrected chi connectivity index (χ3v) is 6.07. The van der Waals surface area contributed by atoms with Crippen molar-refractivity contribution in [1.82, 2.24) is 5.16 Å². The first kappa shape index (κ1) is 26.9. The first-order chi connectivity index (χ1) is 18.3. The third kappa shape index (κ3) is 7.00. The number of aliphatic carboxylic acids is 1. The predicted molar refractivity (Wildman–Crippen MR) is 140 cm³/mol. The van der Waals surface area contributed by atoms with Gasteiger partial charge in [-0.15, -0.1) is 0 Å². The molecule has 0 aliphatic rings. The van der Waals surface area contributed by atoms with Crippen LogP contribution in [0.4, 0.5) is 4.79 Å². The molecule has 1 N–H and O–H groups in total. The Balaban J connectivity index is 1.38. The Morgan fingerprint density at radius 1 is 0.974 bits per heavy atom. The number of carboxylic acids is 1. The van der Waals surface area contributed by atoms with E-state index in [0.29, 0.717) is 16.3 Å². The standard InChI is InChI=1S/C29H26ClNO7/c1-18-26(37-29(34)36-19(2)22-6-4-3-5-7-22)27(38-31-18)23-12-8-21(9-13-23)17-35-25(28(32)33)16-20-10-14-24(30)15-11-20/h3-15,19,25H,16-17H2,1-2H3,(H,32,33)/t19-,25+/m1/s1. The van der Waals surface area contributed by atoms with Crippen LogP contribution in [0.5, 0.6) is 5.75 Å². The highest BCUT2D eigenvalue weighted by Gasteiger charge is 2.23. The van der Waals surface area contributed by atoms with Crippen molar-refractivity contribution in [3.63, 3.8) is 0 Å². The van der Waals surface area contributed by atoms with Gasteiger partial charge in [-0.1, -0.05) is 83.5 Å². The molecule has 0 amide bonds. The molecule has 1 heterocycles. The summed E-state index contributed by atoms with van der Waals surface area (Å²) in [5.41, 5.74) is 3.41. The number of carboxylic acid groups (broad SMARTS) is 1. The lowest BCUT2D eigenvalue weighted by Gasteiger charge is -2.14. The molecule has 0 saturated carbocycles. The minimum atomic E-state index is -1.05. The summed E-state index contributed by atoms with van der Waals surface area (Å²) in [6, 6.07) is 23.3. The number of ether oxygens (including phenoxy) is 3. The summed E-state index contributed by atoms with van der Waals surface area (Å²) in [5, 5.41) is 14.1. The summed E-state index contributed by atoms with van der Waals surface area (Å²) in [7, 11) is 0. The number of benzene rings is 3. The van der Waals surface area contributed by atoms with Crippen molar-refractivity contribution in [2.45, 2.75) is 39.1 Å². The Hall–Kier alpha value is -4.14. The topological polar surface area (TPSA) is 108 Å². The number of carbonyl (C=O) groups excluding carboxylic acids is 1. The summed E-state index contributed by atoms with van der Waals surface area (Å²) in [6.45, 7) is 3.50. The van der Waals surface area contributed by atoms with Gasteiger partial charge in [0.2, 0.25) is 11.5 Å². The molecule has 196 valence electrons. The highest BCUT2D eigenvalue weighted by atomic mass is 35.5. The lowest BCUT2D eigenvalue weighted by atomic mass is 10.1. The first-order valence-corrected chi connectivity index (χ1v) is 12.3. The molecular formula is C29H26ClNO7. The lowest BCUT2D eigenvalue weighted by Crippen LogP contribution is -2.26. The highest BCUT2D eigenvalue weighted by molar-refractivity contribution is 6.30. The zero-order valence-corrected chi connectivity index (χ0v) is 21.6. The van der Waals surface area contributed by atoms with Crippen molar-refractivity contribution in [2.24, 2.45) is 0 Å². The van der Waals surface area contributed by atoms with Gasteiger partial charge in [0.05, 0.1) is 6.61 Å². The zero-order chi connectivity index (χ0) is 27.1. The van der Waals surface area contributed by atoms with Crippen LogP contribution in [0.15, 0.2) is 83.4 Å². The summed E-state index contributed by atoms with van der Waals surface area (Å²) in [4.78, 5) is 24.1. The van der Waals surface area contributed by atoms with Crippen molar-refractivity contribution >= 4 is 23.7 Å². The van der Waals surface area contributed by atoms with Crippen molar-refractivity contribution < 1.29 is 33.4 Å². The normalized spacial score (nSPS) is 12.5. The van der Waals surface area contributed by atoms with Gasteiger partial charge in [0.25, 0.3) is 0 Å². The Bertz CT molecular complexity index is 1370. The van der Waals surface area contributed by atoms with Crippen LogP contribution in [-0.4, -0.2) is 28.5 Å². The molecule has 0 aliphatic carbocycles. The number of nitrogens with zero attached hydrogens (tertiary/aromatic N) is 1. The van der Waals surface area contributed by atoms with Gasteiger partial charge in [0.15, 0.2) is 6.10 Å². The van der Waals surface area contributed by atoms with E-state index in [1.807, 2.05) is 30.3 Å². The van der Waals surface area contributed by atoms with Gasteiger partial charge in [-0.2, -0.15) is 0 Å². The molecule has 9 heteroatoms. The number of aryl methyl sites for hydroxylation is 1. The molecule has 1 aromatic heterocycles. The largest absolute Gasteiger partial charge is 0.514 e. The van der Waals surface area contributed by atoms with Gasteiger partial charge in [0.1, 0.15) is 11.8 Å². The monoisotopic (exact) mass is 535 g/mol. The average molecular weight is 536 g/mol. The van der Waals surface area contributed by atoms with Crippen LogP contribution in [0.2, 0.25) is 5.02 Å². The number of rotatable bonds is 10. The lowest BCUT2D eigenvalue weighted by molar-refractivity contribution is -0.151. The van der Waals surface area contributed by atoms with Crippen LogP contribution in [0, 0.1) is 6.92 Å². The molecular weight excluding hydrogens is 510 g/mol. The fraction of sp³-hybridized carbons (Fsp3) is 0.207. The van der Waals surface area contributed by atoms with Gasteiger partial charge >= 0.3 is 12.1 Å². The fourth-order valence-electron chi connectivity index (χ4n) is 3.71. The number of carbonyl (C=O) groups is 2. The van der Waals surface area contributed by atoms with Crippen LogP contribution < -0.4 is 4.74 Å². The molecule has 4 rings (SSSR count). The van der Waals surface area contributed by atoms with E-state index in [4.69, 9.17) is 30.3 Å². The Labute approximate surface area is 224 Å². The second-order valence-corrected chi connectivity index (χ2v) is 9.05. The maximum Gasteiger partial charge on any atom is 0.514 e. The van der Waals surface area contributed by atoms with Crippen molar-refractivity contribution in [1.29, 1.82) is 0 Å². The molecule has 3 aromatic carbocycles. The SMILES string of the molecule is Cc1noc(-c2ccc(CO[C@@H](Cc3ccc(Cl)cc3)C(=O)O)cc2)c1OC(=O)O[C@H](C)c1ccccc1. The summed E-state index contributed by atoms with van der Waals surface area (Å²) < 4.78 is 21.9. The highest BCUT2D eigenvalue weighted by Crippen LogP contribution is 2.34. The fourth-order valence-corrected chi connectivity index (χ4v) is 3.84. The van der Waals surface area contributed by atoms with E-state index >= 15 is 0 Å². The van der Waals surface area contributed by atoms with Gasteiger partial charge in [-0.25, -0.2) is 9.59 Å². The maximum atomic E-state index is 12.5. The molecule has 0 aliphatic heterocycles. The molecule has 0 unspecified atom stereocenters. The van der Waals surface area contributed by atoms with Crippen molar-refractivity contribution in [2.75, 3.05) is 0 Å². The van der Waals surface area contributed by atoms with Gasteiger partial charge < -0.3 is 23.8 Å². The molecule has 4 aromatic rings. The summed E-state index contributed by atoms with van der Waals surface area (Å²) >= 11 is 5.90. The molecule has 2 atom stereocenters. The molecule has 0 bridgehead atoms. The summed E-state index contributed by atoms with van der Waals surface area (Å²) in [5.74, 6) is -0.623. The zero-order valence-electron chi connectivity index (χ0n) is 20.8. The molecule has 38 heavy (non-hydrogen) atoms. The van der Waals surface area contributed by atoms with Crippen LogP contribution in [0.25, 0.3) is 11.3 Å². The van der Waals surface area contributed by atoms with Crippen LogP contribution in [0.1, 0.15) is 35.4 Å². The van der Waals surface area contributed by atoms with E-state index in [-0.39, 0.29) is 24.5 Å². The van der Waals surface area contributed by atoms with Crippen molar-refractivity contribution in [3.05, 3.63) is 106 Å². The molecule has 0 spiro atoms. The minimum absolute atomic E-state index is 0.0906.